The van der Waals surface area contributed by atoms with Crippen molar-refractivity contribution in [3.8, 4) is 5.75 Å². The van der Waals surface area contributed by atoms with E-state index in [0.29, 0.717) is 17.3 Å². The summed E-state index contributed by atoms with van der Waals surface area (Å²) in [6.45, 7) is 0.476. The molecule has 0 spiro atoms. The minimum absolute atomic E-state index is 0.0958. The number of rotatable bonds is 4. The fourth-order valence-corrected chi connectivity index (χ4v) is 1.74. The summed E-state index contributed by atoms with van der Waals surface area (Å²) in [5, 5.41) is 13.6. The molecular weight excluding hydrogens is 240 g/mol. The SMILES string of the molecule is COc1ccc(Cn2ncc(CO)c2Cl)cc1. The van der Waals surface area contributed by atoms with Crippen LogP contribution in [0.15, 0.2) is 30.5 Å². The van der Waals surface area contributed by atoms with Gasteiger partial charge in [0.1, 0.15) is 10.9 Å². The minimum atomic E-state index is -0.0958. The Morgan fingerprint density at radius 1 is 1.35 bits per heavy atom. The van der Waals surface area contributed by atoms with Gasteiger partial charge >= 0.3 is 0 Å². The number of aromatic nitrogens is 2. The van der Waals surface area contributed by atoms with Gasteiger partial charge in [-0.15, -0.1) is 0 Å². The highest BCUT2D eigenvalue weighted by molar-refractivity contribution is 6.30. The van der Waals surface area contributed by atoms with Crippen LogP contribution in [0.4, 0.5) is 0 Å². The lowest BCUT2D eigenvalue weighted by molar-refractivity contribution is 0.282. The molecule has 0 aliphatic rings. The van der Waals surface area contributed by atoms with Crippen molar-refractivity contribution >= 4 is 11.6 Å². The molecule has 0 atom stereocenters. The molecule has 0 aliphatic carbocycles. The molecule has 1 aromatic heterocycles. The second kappa shape index (κ2) is 5.21. The third-order valence-corrected chi connectivity index (χ3v) is 2.94. The van der Waals surface area contributed by atoms with Crippen LogP contribution < -0.4 is 4.74 Å². The van der Waals surface area contributed by atoms with Crippen LogP contribution in [-0.2, 0) is 13.2 Å². The first-order chi connectivity index (χ1) is 8.24. The first kappa shape index (κ1) is 12.0. The number of nitrogens with zero attached hydrogens (tertiary/aromatic N) is 2. The molecule has 0 bridgehead atoms. The molecule has 5 heteroatoms. The topological polar surface area (TPSA) is 47.3 Å². The Kier molecular flexibility index (Phi) is 3.66. The van der Waals surface area contributed by atoms with Gasteiger partial charge in [0.15, 0.2) is 0 Å². The highest BCUT2D eigenvalue weighted by Gasteiger charge is 2.07. The molecule has 4 nitrogen and oxygen atoms in total. The number of aliphatic hydroxyl groups is 1. The van der Waals surface area contributed by atoms with Crippen molar-refractivity contribution in [1.82, 2.24) is 9.78 Å². The van der Waals surface area contributed by atoms with Crippen molar-refractivity contribution in [3.05, 3.63) is 46.7 Å². The van der Waals surface area contributed by atoms with Crippen LogP contribution in [0, 0.1) is 0 Å². The van der Waals surface area contributed by atoms with Crippen molar-refractivity contribution in [2.24, 2.45) is 0 Å². The molecule has 2 aromatic rings. The number of hydrogen-bond donors (Lipinski definition) is 1. The molecule has 17 heavy (non-hydrogen) atoms. The van der Waals surface area contributed by atoms with Gasteiger partial charge in [0.05, 0.1) is 26.5 Å². The highest BCUT2D eigenvalue weighted by atomic mass is 35.5. The monoisotopic (exact) mass is 252 g/mol. The van der Waals surface area contributed by atoms with Crippen LogP contribution in [0.25, 0.3) is 0 Å². The van der Waals surface area contributed by atoms with E-state index in [2.05, 4.69) is 5.10 Å². The van der Waals surface area contributed by atoms with Gasteiger partial charge in [-0.2, -0.15) is 5.10 Å². The number of aliphatic hydroxyl groups excluding tert-OH is 1. The van der Waals surface area contributed by atoms with E-state index < -0.39 is 0 Å². The predicted molar refractivity (Wildman–Crippen MR) is 65.3 cm³/mol. The summed E-state index contributed by atoms with van der Waals surface area (Å²) < 4.78 is 6.73. The molecule has 0 saturated heterocycles. The summed E-state index contributed by atoms with van der Waals surface area (Å²) in [7, 11) is 1.63. The fraction of sp³-hybridized carbons (Fsp3) is 0.250. The second-order valence-electron chi connectivity index (χ2n) is 3.62. The van der Waals surface area contributed by atoms with Gasteiger partial charge in [-0.3, -0.25) is 0 Å². The summed E-state index contributed by atoms with van der Waals surface area (Å²) in [6, 6.07) is 7.68. The first-order valence-electron chi connectivity index (χ1n) is 5.18. The van der Waals surface area contributed by atoms with Crippen LogP contribution in [0.3, 0.4) is 0 Å². The standard InChI is InChI=1S/C12H13ClN2O2/c1-17-11-4-2-9(3-5-11)7-15-12(13)10(8-16)6-14-15/h2-6,16H,7-8H2,1H3. The number of halogens is 1. The highest BCUT2D eigenvalue weighted by Crippen LogP contribution is 2.18. The Morgan fingerprint density at radius 3 is 2.59 bits per heavy atom. The third-order valence-electron chi connectivity index (χ3n) is 2.51. The molecule has 0 unspecified atom stereocenters. The van der Waals surface area contributed by atoms with Crippen molar-refractivity contribution < 1.29 is 9.84 Å². The third kappa shape index (κ3) is 2.60. The zero-order valence-electron chi connectivity index (χ0n) is 9.43. The van der Waals surface area contributed by atoms with Crippen LogP contribution in [0.5, 0.6) is 5.75 Å². The van der Waals surface area contributed by atoms with Gasteiger partial charge in [-0.1, -0.05) is 23.7 Å². The molecule has 0 saturated carbocycles. The summed E-state index contributed by atoms with van der Waals surface area (Å²) in [4.78, 5) is 0. The number of benzene rings is 1. The molecule has 1 heterocycles. The van der Waals surface area contributed by atoms with Crippen LogP contribution in [0.2, 0.25) is 5.15 Å². The quantitative estimate of drug-likeness (QED) is 0.906. The van der Waals surface area contributed by atoms with E-state index >= 15 is 0 Å². The maximum Gasteiger partial charge on any atom is 0.132 e. The number of ether oxygens (including phenoxy) is 1. The van der Waals surface area contributed by atoms with E-state index in [1.807, 2.05) is 24.3 Å². The lowest BCUT2D eigenvalue weighted by Gasteiger charge is -2.05. The van der Waals surface area contributed by atoms with Crippen molar-refractivity contribution in [2.45, 2.75) is 13.2 Å². The maximum absolute atomic E-state index is 9.01. The summed E-state index contributed by atoms with van der Waals surface area (Å²) in [5.74, 6) is 0.816. The fourth-order valence-electron chi connectivity index (χ4n) is 1.53. The average Bonchev–Trinajstić information content (AvgIpc) is 2.71. The van der Waals surface area contributed by atoms with E-state index in [0.717, 1.165) is 11.3 Å². The van der Waals surface area contributed by atoms with Gasteiger partial charge in [0, 0.05) is 5.56 Å². The summed E-state index contributed by atoms with van der Waals surface area (Å²) >= 11 is 6.05. The largest absolute Gasteiger partial charge is 0.497 e. The van der Waals surface area contributed by atoms with E-state index in [1.54, 1.807) is 18.0 Å². The van der Waals surface area contributed by atoms with E-state index in [9.17, 15) is 0 Å². The van der Waals surface area contributed by atoms with Gasteiger partial charge < -0.3 is 9.84 Å². The Hall–Kier alpha value is -1.52. The number of methoxy groups -OCH3 is 1. The minimum Gasteiger partial charge on any atom is -0.497 e. The van der Waals surface area contributed by atoms with Crippen LogP contribution in [0.1, 0.15) is 11.1 Å². The van der Waals surface area contributed by atoms with Crippen molar-refractivity contribution in [1.29, 1.82) is 0 Å². The van der Waals surface area contributed by atoms with Gasteiger partial charge in [-0.25, -0.2) is 4.68 Å². The lowest BCUT2D eigenvalue weighted by Crippen LogP contribution is -2.01. The Bertz CT molecular complexity index is 494. The smallest absolute Gasteiger partial charge is 0.132 e. The second-order valence-corrected chi connectivity index (χ2v) is 3.98. The lowest BCUT2D eigenvalue weighted by atomic mass is 10.2. The van der Waals surface area contributed by atoms with Crippen molar-refractivity contribution in [2.75, 3.05) is 7.11 Å². The molecular formula is C12H13ClN2O2. The Balaban J connectivity index is 2.16. The maximum atomic E-state index is 9.01. The molecule has 2 rings (SSSR count). The van der Waals surface area contributed by atoms with Gasteiger partial charge in [-0.05, 0) is 17.7 Å². The zero-order valence-corrected chi connectivity index (χ0v) is 10.2. The normalized spacial score (nSPS) is 10.5. The zero-order chi connectivity index (χ0) is 12.3. The molecule has 1 aromatic carbocycles. The van der Waals surface area contributed by atoms with E-state index in [1.165, 1.54) is 0 Å². The molecule has 1 N–H and O–H groups in total. The van der Waals surface area contributed by atoms with Gasteiger partial charge in [0.2, 0.25) is 0 Å². The molecule has 0 amide bonds. The van der Waals surface area contributed by atoms with Crippen molar-refractivity contribution in [3.63, 3.8) is 0 Å². The van der Waals surface area contributed by atoms with Crippen LogP contribution >= 0.6 is 11.6 Å². The molecule has 0 radical (unpaired) electrons. The first-order valence-corrected chi connectivity index (χ1v) is 5.56. The molecule has 0 aliphatic heterocycles. The Labute approximate surface area is 104 Å². The van der Waals surface area contributed by atoms with Gasteiger partial charge in [0.25, 0.3) is 0 Å². The Morgan fingerprint density at radius 2 is 2.06 bits per heavy atom. The predicted octanol–water partition coefficient (Wildman–Crippen LogP) is 2.09. The average molecular weight is 253 g/mol. The van der Waals surface area contributed by atoms with Crippen LogP contribution in [-0.4, -0.2) is 22.0 Å². The molecule has 0 fully saturated rings. The molecule has 90 valence electrons. The van der Waals surface area contributed by atoms with E-state index in [4.69, 9.17) is 21.4 Å². The summed E-state index contributed by atoms with van der Waals surface area (Å²) in [6.07, 6.45) is 1.58. The summed E-state index contributed by atoms with van der Waals surface area (Å²) in [5.41, 5.74) is 1.71. The van der Waals surface area contributed by atoms with E-state index in [-0.39, 0.29) is 6.61 Å². The number of hydrogen-bond acceptors (Lipinski definition) is 3.